The summed E-state index contributed by atoms with van der Waals surface area (Å²) >= 11 is 0. The molecule has 0 spiro atoms. The summed E-state index contributed by atoms with van der Waals surface area (Å²) in [4.78, 5) is 14.2. The first-order valence-electron chi connectivity index (χ1n) is 8.43. The van der Waals surface area contributed by atoms with Crippen molar-refractivity contribution in [3.63, 3.8) is 0 Å². The van der Waals surface area contributed by atoms with Gasteiger partial charge in [-0.2, -0.15) is 0 Å². The van der Waals surface area contributed by atoms with Crippen LogP contribution in [-0.2, 0) is 21.4 Å². The van der Waals surface area contributed by atoms with Crippen LogP contribution in [0.1, 0.15) is 29.2 Å². The van der Waals surface area contributed by atoms with Crippen LogP contribution in [0.15, 0.2) is 46.9 Å². The summed E-state index contributed by atoms with van der Waals surface area (Å²) < 4.78 is 38.4. The lowest BCUT2D eigenvalue weighted by Gasteiger charge is -2.32. The van der Waals surface area contributed by atoms with Crippen molar-refractivity contribution >= 4 is 21.6 Å². The number of benzene rings is 1. The minimum absolute atomic E-state index is 0.140. The van der Waals surface area contributed by atoms with Crippen LogP contribution in [-0.4, -0.2) is 44.7 Å². The maximum atomic E-state index is 12.7. The summed E-state index contributed by atoms with van der Waals surface area (Å²) in [5, 5.41) is -0.659. The highest BCUT2D eigenvalue weighted by Crippen LogP contribution is 2.22. The second kappa shape index (κ2) is 7.92. The Kier molecular flexibility index (Phi) is 5.63. The third-order valence-electron chi connectivity index (χ3n) is 4.30. The predicted molar refractivity (Wildman–Crippen MR) is 97.3 cm³/mol. The molecule has 7 nitrogen and oxygen atoms in total. The number of rotatable bonds is 6. The molecule has 1 aliphatic heterocycles. The van der Waals surface area contributed by atoms with Gasteiger partial charge in [-0.05, 0) is 37.1 Å². The van der Waals surface area contributed by atoms with Gasteiger partial charge in [-0.25, -0.2) is 8.42 Å². The smallest absolute Gasteiger partial charge is 0.289 e. The number of hydrogen-bond acceptors (Lipinski definition) is 5. The molecule has 2 heterocycles. The van der Waals surface area contributed by atoms with E-state index in [4.69, 9.17) is 9.15 Å². The zero-order valence-corrected chi connectivity index (χ0v) is 15.4. The highest BCUT2D eigenvalue weighted by Gasteiger charge is 2.33. The van der Waals surface area contributed by atoms with Crippen molar-refractivity contribution in [1.29, 1.82) is 0 Å². The molecule has 0 radical (unpaired) electrons. The number of amides is 1. The Morgan fingerprint density at radius 2 is 2.04 bits per heavy atom. The molecule has 1 aromatic heterocycles. The average Bonchev–Trinajstić information content (AvgIpc) is 3.11. The monoisotopic (exact) mass is 378 g/mol. The van der Waals surface area contributed by atoms with E-state index in [1.165, 1.54) is 4.90 Å². The van der Waals surface area contributed by atoms with E-state index >= 15 is 0 Å². The van der Waals surface area contributed by atoms with Crippen LogP contribution in [0.25, 0.3) is 0 Å². The third-order valence-corrected chi connectivity index (χ3v) is 6.08. The molecule has 1 amide bonds. The van der Waals surface area contributed by atoms with Crippen LogP contribution in [0, 0.1) is 0 Å². The Balaban J connectivity index is 1.69. The number of carbonyl (C=O) groups excluding carboxylic acids is 1. The number of ether oxygens (including phenoxy) is 1. The Morgan fingerprint density at radius 1 is 1.27 bits per heavy atom. The van der Waals surface area contributed by atoms with Gasteiger partial charge in [0.2, 0.25) is 10.0 Å². The Labute approximate surface area is 153 Å². The van der Waals surface area contributed by atoms with Gasteiger partial charge >= 0.3 is 0 Å². The summed E-state index contributed by atoms with van der Waals surface area (Å²) in [5.74, 6) is 0.459. The van der Waals surface area contributed by atoms with Gasteiger partial charge in [0.1, 0.15) is 12.4 Å². The number of para-hydroxylation sites is 1. The van der Waals surface area contributed by atoms with Gasteiger partial charge in [0.05, 0.1) is 5.25 Å². The van der Waals surface area contributed by atoms with Gasteiger partial charge in [0.25, 0.3) is 5.91 Å². The summed E-state index contributed by atoms with van der Waals surface area (Å²) in [6, 6.07) is 12.0. The zero-order valence-electron chi connectivity index (χ0n) is 14.6. The molecule has 1 unspecified atom stereocenters. The lowest BCUT2D eigenvalue weighted by Crippen LogP contribution is -2.46. The van der Waals surface area contributed by atoms with Crippen LogP contribution < -0.4 is 4.72 Å². The number of methoxy groups -OCH3 is 1. The van der Waals surface area contributed by atoms with Crippen LogP contribution >= 0.6 is 0 Å². The van der Waals surface area contributed by atoms with E-state index in [-0.39, 0.29) is 24.8 Å². The van der Waals surface area contributed by atoms with Crippen molar-refractivity contribution in [2.45, 2.75) is 24.7 Å². The molecule has 1 fully saturated rings. The van der Waals surface area contributed by atoms with Crippen LogP contribution in [0.5, 0.6) is 0 Å². The van der Waals surface area contributed by atoms with Crippen LogP contribution in [0.4, 0.5) is 5.69 Å². The summed E-state index contributed by atoms with van der Waals surface area (Å²) in [7, 11) is -2.04. The van der Waals surface area contributed by atoms with Crippen LogP contribution in [0.2, 0.25) is 0 Å². The summed E-state index contributed by atoms with van der Waals surface area (Å²) in [6.45, 7) is 0.934. The van der Waals surface area contributed by atoms with E-state index in [0.29, 0.717) is 30.8 Å². The lowest BCUT2D eigenvalue weighted by atomic mass is 10.1. The van der Waals surface area contributed by atoms with Gasteiger partial charge < -0.3 is 14.1 Å². The minimum Gasteiger partial charge on any atom is -0.453 e. The fourth-order valence-corrected chi connectivity index (χ4v) is 4.48. The molecule has 1 aliphatic rings. The highest BCUT2D eigenvalue weighted by molar-refractivity contribution is 7.93. The quantitative estimate of drug-likeness (QED) is 0.834. The number of hydrogen-bond donors (Lipinski definition) is 1. The van der Waals surface area contributed by atoms with Crippen molar-refractivity contribution in [2.75, 3.05) is 24.9 Å². The van der Waals surface area contributed by atoms with Gasteiger partial charge in [-0.3, -0.25) is 9.52 Å². The lowest BCUT2D eigenvalue weighted by molar-refractivity contribution is 0.0687. The summed E-state index contributed by atoms with van der Waals surface area (Å²) in [6.07, 6.45) is 1.14. The first-order valence-corrected chi connectivity index (χ1v) is 9.98. The molecule has 1 atom stereocenters. The number of sulfonamides is 1. The van der Waals surface area contributed by atoms with Crippen molar-refractivity contribution in [3.8, 4) is 0 Å². The molecule has 8 heteroatoms. The van der Waals surface area contributed by atoms with E-state index in [1.807, 2.05) is 6.07 Å². The molecule has 0 bridgehead atoms. The van der Waals surface area contributed by atoms with Crippen molar-refractivity contribution in [3.05, 3.63) is 54.0 Å². The molecule has 3 rings (SSSR count). The van der Waals surface area contributed by atoms with Gasteiger partial charge in [0.15, 0.2) is 5.76 Å². The molecule has 140 valence electrons. The van der Waals surface area contributed by atoms with Gasteiger partial charge in [-0.1, -0.05) is 18.2 Å². The van der Waals surface area contributed by atoms with E-state index in [1.54, 1.807) is 43.5 Å². The molecule has 1 saturated heterocycles. The average molecular weight is 378 g/mol. The van der Waals surface area contributed by atoms with Gasteiger partial charge in [0, 0.05) is 25.9 Å². The fraction of sp³-hybridized carbons (Fsp3) is 0.389. The number of carbonyl (C=O) groups is 1. The van der Waals surface area contributed by atoms with Crippen molar-refractivity contribution < 1.29 is 22.4 Å². The number of piperidine rings is 1. The topological polar surface area (TPSA) is 88.8 Å². The standard InChI is InChI=1S/C18H22N2O5S/c1-24-13-15-9-10-17(25-15)18(21)20-11-5-8-16(12-20)26(22,23)19-14-6-3-2-4-7-14/h2-4,6-7,9-10,16,19H,5,8,11-13H2,1H3. The Bertz CT molecular complexity index is 847. The molecule has 0 aliphatic carbocycles. The molecule has 1 N–H and O–H groups in total. The SMILES string of the molecule is COCc1ccc(C(=O)N2CCCC(S(=O)(=O)Nc3ccccc3)C2)o1. The number of likely N-dealkylation sites (tertiary alicyclic amines) is 1. The number of anilines is 1. The first kappa shape index (κ1) is 18.5. The largest absolute Gasteiger partial charge is 0.453 e. The van der Waals surface area contributed by atoms with Gasteiger partial charge in [-0.15, -0.1) is 0 Å². The Morgan fingerprint density at radius 3 is 2.77 bits per heavy atom. The van der Waals surface area contributed by atoms with E-state index < -0.39 is 15.3 Å². The number of nitrogens with zero attached hydrogens (tertiary/aromatic N) is 1. The third kappa shape index (κ3) is 4.25. The van der Waals surface area contributed by atoms with E-state index in [0.717, 1.165) is 0 Å². The minimum atomic E-state index is -3.58. The maximum absolute atomic E-state index is 12.7. The molecule has 2 aromatic rings. The zero-order chi connectivity index (χ0) is 18.6. The van der Waals surface area contributed by atoms with E-state index in [2.05, 4.69) is 4.72 Å². The van der Waals surface area contributed by atoms with Crippen LogP contribution in [0.3, 0.4) is 0 Å². The molecular weight excluding hydrogens is 356 g/mol. The molecule has 0 saturated carbocycles. The maximum Gasteiger partial charge on any atom is 0.289 e. The molecule has 26 heavy (non-hydrogen) atoms. The number of furan rings is 1. The fourth-order valence-electron chi connectivity index (χ4n) is 3.00. The summed E-state index contributed by atoms with van der Waals surface area (Å²) in [5.41, 5.74) is 0.520. The second-order valence-electron chi connectivity index (χ2n) is 6.23. The number of nitrogens with one attached hydrogen (secondary N) is 1. The normalized spacial score (nSPS) is 17.9. The highest BCUT2D eigenvalue weighted by atomic mass is 32.2. The van der Waals surface area contributed by atoms with E-state index in [9.17, 15) is 13.2 Å². The second-order valence-corrected chi connectivity index (χ2v) is 8.19. The van der Waals surface area contributed by atoms with Crippen molar-refractivity contribution in [2.24, 2.45) is 0 Å². The van der Waals surface area contributed by atoms with Crippen molar-refractivity contribution in [1.82, 2.24) is 4.90 Å². The molecular formula is C18H22N2O5S. The Hall–Kier alpha value is -2.32. The predicted octanol–water partition coefficient (Wildman–Crippen LogP) is 2.47. The molecule has 1 aromatic carbocycles. The first-order chi connectivity index (χ1) is 12.5.